The van der Waals surface area contributed by atoms with Crippen LogP contribution in [0.15, 0.2) is 42.7 Å². The fraction of sp³-hybridized carbons (Fsp3) is 0.0714. The van der Waals surface area contributed by atoms with Gasteiger partial charge in [0.2, 0.25) is 0 Å². The highest BCUT2D eigenvalue weighted by molar-refractivity contribution is 5.93. The van der Waals surface area contributed by atoms with Gasteiger partial charge in [-0.3, -0.25) is 0 Å². The fourth-order valence-electron chi connectivity index (χ4n) is 2.04. The van der Waals surface area contributed by atoms with Gasteiger partial charge in [0.1, 0.15) is 5.56 Å². The van der Waals surface area contributed by atoms with Gasteiger partial charge >= 0.3 is 5.97 Å². The van der Waals surface area contributed by atoms with Crippen molar-refractivity contribution in [1.29, 1.82) is 0 Å². The molecule has 0 aliphatic rings. The molecule has 2 heterocycles. The number of benzene rings is 1. The number of esters is 1. The summed E-state index contributed by atoms with van der Waals surface area (Å²) in [4.78, 5) is 16.0. The second-order valence-electron chi connectivity index (χ2n) is 4.24. The van der Waals surface area contributed by atoms with Gasteiger partial charge in [-0.15, -0.1) is 0 Å². The number of fused-ring (bicyclic) bond motifs is 1. The van der Waals surface area contributed by atoms with Crippen LogP contribution in [0.25, 0.3) is 16.7 Å². The minimum absolute atomic E-state index is 0.349. The van der Waals surface area contributed by atoms with Gasteiger partial charge in [-0.1, -0.05) is 0 Å². The van der Waals surface area contributed by atoms with Crippen LogP contribution in [0.2, 0.25) is 0 Å². The third kappa shape index (κ3) is 1.87. The van der Waals surface area contributed by atoms with E-state index in [4.69, 9.17) is 10.5 Å². The number of hydrogen-bond acceptors (Lipinski definition) is 5. The molecular weight excluding hydrogens is 256 g/mol. The molecule has 1 aromatic carbocycles. The van der Waals surface area contributed by atoms with E-state index < -0.39 is 5.97 Å². The molecule has 20 heavy (non-hydrogen) atoms. The summed E-state index contributed by atoms with van der Waals surface area (Å²) in [5, 5.41) is 5.19. The summed E-state index contributed by atoms with van der Waals surface area (Å²) in [6, 6.07) is 8.78. The summed E-state index contributed by atoms with van der Waals surface area (Å²) in [5.74, 6) is -0.0411. The van der Waals surface area contributed by atoms with Crippen LogP contribution in [0.1, 0.15) is 10.4 Å². The second-order valence-corrected chi connectivity index (χ2v) is 4.24. The van der Waals surface area contributed by atoms with Crippen LogP contribution in [0.4, 0.5) is 5.69 Å². The number of nitrogen functional groups attached to an aromatic ring is 1. The van der Waals surface area contributed by atoms with Gasteiger partial charge in [-0.2, -0.15) is 5.10 Å². The molecule has 2 N–H and O–H groups in total. The molecule has 0 saturated carbocycles. The smallest absolute Gasteiger partial charge is 0.341 e. The van der Waals surface area contributed by atoms with Gasteiger partial charge in [0.25, 0.3) is 0 Å². The third-order valence-electron chi connectivity index (χ3n) is 2.99. The van der Waals surface area contributed by atoms with E-state index in [0.717, 1.165) is 10.9 Å². The van der Waals surface area contributed by atoms with Crippen LogP contribution >= 0.6 is 0 Å². The highest BCUT2D eigenvalue weighted by atomic mass is 16.5. The minimum atomic E-state index is -0.458. The molecule has 0 aliphatic heterocycles. The van der Waals surface area contributed by atoms with E-state index in [-0.39, 0.29) is 0 Å². The van der Waals surface area contributed by atoms with Crippen LogP contribution in [-0.2, 0) is 4.74 Å². The maximum absolute atomic E-state index is 11.8. The first kappa shape index (κ1) is 12.2. The largest absolute Gasteiger partial charge is 0.465 e. The van der Waals surface area contributed by atoms with Crippen molar-refractivity contribution in [2.75, 3.05) is 12.8 Å². The van der Waals surface area contributed by atoms with Crippen LogP contribution < -0.4 is 5.73 Å². The first-order valence-electron chi connectivity index (χ1n) is 5.97. The van der Waals surface area contributed by atoms with Crippen molar-refractivity contribution >= 4 is 22.6 Å². The molecule has 6 nitrogen and oxygen atoms in total. The highest BCUT2D eigenvalue weighted by Crippen LogP contribution is 2.21. The molecule has 0 amide bonds. The Kier molecular flexibility index (Phi) is 2.83. The number of rotatable bonds is 2. The molecule has 3 rings (SSSR count). The Morgan fingerprint density at radius 1 is 1.35 bits per heavy atom. The number of nitrogens with two attached hydrogens (primary N) is 1. The zero-order valence-corrected chi connectivity index (χ0v) is 10.8. The quantitative estimate of drug-likeness (QED) is 0.566. The van der Waals surface area contributed by atoms with Crippen LogP contribution in [0.5, 0.6) is 0 Å². The van der Waals surface area contributed by atoms with Crippen molar-refractivity contribution in [3.63, 3.8) is 0 Å². The van der Waals surface area contributed by atoms with Crippen molar-refractivity contribution in [2.45, 2.75) is 0 Å². The van der Waals surface area contributed by atoms with E-state index in [1.165, 1.54) is 7.11 Å². The maximum atomic E-state index is 11.8. The van der Waals surface area contributed by atoms with Gasteiger partial charge in [-0.25, -0.2) is 14.5 Å². The number of aromatic nitrogens is 3. The van der Waals surface area contributed by atoms with E-state index in [0.29, 0.717) is 17.1 Å². The molecule has 0 aliphatic carbocycles. The topological polar surface area (TPSA) is 83.0 Å². The summed E-state index contributed by atoms with van der Waals surface area (Å²) in [6.45, 7) is 0. The zero-order chi connectivity index (χ0) is 14.1. The summed E-state index contributed by atoms with van der Waals surface area (Å²) in [6.07, 6.45) is 3.30. The lowest BCUT2D eigenvalue weighted by Crippen LogP contribution is -2.10. The maximum Gasteiger partial charge on any atom is 0.341 e. The SMILES string of the molecule is COC(=O)c1cccnc1-n1ncc2ccc(N)cc21. The summed E-state index contributed by atoms with van der Waals surface area (Å²) in [7, 11) is 1.33. The molecule has 0 radical (unpaired) electrons. The van der Waals surface area contributed by atoms with Crippen LogP contribution in [0, 0.1) is 0 Å². The van der Waals surface area contributed by atoms with Gasteiger partial charge < -0.3 is 10.5 Å². The molecule has 0 unspecified atom stereocenters. The van der Waals surface area contributed by atoms with Crippen LogP contribution in [-0.4, -0.2) is 27.8 Å². The molecular formula is C14H12N4O2. The number of carbonyl (C=O) groups excluding carboxylic acids is 1. The zero-order valence-electron chi connectivity index (χ0n) is 10.8. The molecule has 0 atom stereocenters. The Morgan fingerprint density at radius 3 is 3.00 bits per heavy atom. The standard InChI is InChI=1S/C14H12N4O2/c1-20-14(19)11-3-2-6-16-13(11)18-12-7-10(15)5-4-9(12)8-17-18/h2-8H,15H2,1H3. The van der Waals surface area contributed by atoms with Crippen molar-refractivity contribution < 1.29 is 9.53 Å². The first-order chi connectivity index (χ1) is 9.70. The number of ether oxygens (including phenoxy) is 1. The lowest BCUT2D eigenvalue weighted by molar-refractivity contribution is 0.0600. The van der Waals surface area contributed by atoms with Crippen LogP contribution in [0.3, 0.4) is 0 Å². The molecule has 0 bridgehead atoms. The predicted molar refractivity (Wildman–Crippen MR) is 74.6 cm³/mol. The van der Waals surface area contributed by atoms with E-state index in [9.17, 15) is 4.79 Å². The van der Waals surface area contributed by atoms with E-state index >= 15 is 0 Å². The minimum Gasteiger partial charge on any atom is -0.465 e. The molecule has 0 saturated heterocycles. The van der Waals surface area contributed by atoms with Crippen molar-refractivity contribution in [3.8, 4) is 5.82 Å². The average Bonchev–Trinajstić information content (AvgIpc) is 2.89. The lowest BCUT2D eigenvalue weighted by Gasteiger charge is -2.07. The summed E-state index contributed by atoms with van der Waals surface area (Å²) < 4.78 is 6.35. The molecule has 3 aromatic rings. The molecule has 0 fully saturated rings. The average molecular weight is 268 g/mol. The first-order valence-corrected chi connectivity index (χ1v) is 5.97. The number of hydrogen-bond donors (Lipinski definition) is 1. The summed E-state index contributed by atoms with van der Waals surface area (Å²) in [5.41, 5.74) is 7.56. The Bertz CT molecular complexity index is 795. The Morgan fingerprint density at radius 2 is 2.20 bits per heavy atom. The Labute approximate surface area is 114 Å². The number of pyridine rings is 1. The molecule has 100 valence electrons. The van der Waals surface area contributed by atoms with Gasteiger partial charge in [0.05, 0.1) is 18.8 Å². The van der Waals surface area contributed by atoms with Crippen molar-refractivity contribution in [3.05, 3.63) is 48.3 Å². The number of carbonyl (C=O) groups is 1. The number of nitrogens with zero attached hydrogens (tertiary/aromatic N) is 3. The second kappa shape index (κ2) is 4.65. The predicted octanol–water partition coefficient (Wildman–Crippen LogP) is 1.79. The molecule has 6 heteroatoms. The van der Waals surface area contributed by atoms with E-state index in [1.54, 1.807) is 41.3 Å². The highest BCUT2D eigenvalue weighted by Gasteiger charge is 2.16. The third-order valence-corrected chi connectivity index (χ3v) is 2.99. The monoisotopic (exact) mass is 268 g/mol. The van der Waals surface area contributed by atoms with Gasteiger partial charge in [0.15, 0.2) is 5.82 Å². The molecule has 2 aromatic heterocycles. The normalized spacial score (nSPS) is 10.7. The number of methoxy groups -OCH3 is 1. The van der Waals surface area contributed by atoms with Gasteiger partial charge in [0, 0.05) is 17.3 Å². The summed E-state index contributed by atoms with van der Waals surface area (Å²) >= 11 is 0. The van der Waals surface area contributed by atoms with Gasteiger partial charge in [-0.05, 0) is 30.3 Å². The Hall–Kier alpha value is -2.89. The van der Waals surface area contributed by atoms with E-state index in [2.05, 4.69) is 10.1 Å². The lowest BCUT2D eigenvalue weighted by atomic mass is 10.2. The van der Waals surface area contributed by atoms with Crippen molar-refractivity contribution in [2.24, 2.45) is 0 Å². The Balaban J connectivity index is 2.26. The molecule has 0 spiro atoms. The van der Waals surface area contributed by atoms with Crippen molar-refractivity contribution in [1.82, 2.24) is 14.8 Å². The fourth-order valence-corrected chi connectivity index (χ4v) is 2.04. The number of anilines is 1. The van der Waals surface area contributed by atoms with E-state index in [1.807, 2.05) is 6.07 Å².